The van der Waals surface area contributed by atoms with Crippen molar-refractivity contribution >= 4 is 17.6 Å². The molecule has 0 unspecified atom stereocenters. The molecule has 122 valence electrons. The highest BCUT2D eigenvalue weighted by atomic mass is 16.2. The lowest BCUT2D eigenvalue weighted by Crippen LogP contribution is -2.47. The van der Waals surface area contributed by atoms with Crippen molar-refractivity contribution < 1.29 is 14.4 Å². The Morgan fingerprint density at radius 1 is 0.875 bits per heavy atom. The Morgan fingerprint density at radius 3 is 1.79 bits per heavy atom. The molecule has 2 heterocycles. The van der Waals surface area contributed by atoms with Crippen LogP contribution in [-0.4, -0.2) is 38.5 Å². The van der Waals surface area contributed by atoms with Gasteiger partial charge >= 0.3 is 0 Å². The van der Waals surface area contributed by atoms with Gasteiger partial charge in [-0.2, -0.15) is 0 Å². The molecule has 6 nitrogen and oxygen atoms in total. The lowest BCUT2D eigenvalue weighted by molar-refractivity contribution is -0.121. The summed E-state index contributed by atoms with van der Waals surface area (Å²) in [6, 6.07) is 9.67. The van der Waals surface area contributed by atoms with Crippen LogP contribution in [0.3, 0.4) is 0 Å². The zero-order chi connectivity index (χ0) is 16.9. The molecule has 0 aromatic carbocycles. The monoisotopic (exact) mass is 323 g/mol. The molecule has 2 amide bonds. The molecule has 0 N–H and O–H groups in total. The first-order chi connectivity index (χ1) is 11.7. The third-order valence-corrected chi connectivity index (χ3v) is 4.08. The van der Waals surface area contributed by atoms with Crippen LogP contribution in [0.1, 0.15) is 46.7 Å². The molecular formula is C18H17N3O3. The van der Waals surface area contributed by atoms with E-state index in [2.05, 4.69) is 9.97 Å². The number of ketones is 1. The van der Waals surface area contributed by atoms with E-state index in [1.54, 1.807) is 36.4 Å². The first-order valence-electron chi connectivity index (χ1n) is 7.88. The fourth-order valence-electron chi connectivity index (χ4n) is 2.83. The second kappa shape index (κ2) is 7.12. The smallest absolute Gasteiger partial charge is 0.279 e. The van der Waals surface area contributed by atoms with Gasteiger partial charge in [0.25, 0.3) is 11.8 Å². The number of Topliss-reactive ketones (excluding diaryl/α,β-unsaturated/α-hetero) is 1. The second-order valence-electron chi connectivity index (χ2n) is 5.68. The highest BCUT2D eigenvalue weighted by molar-refractivity contribution is 6.09. The van der Waals surface area contributed by atoms with E-state index in [9.17, 15) is 14.4 Å². The lowest BCUT2D eigenvalue weighted by Gasteiger charge is -2.31. The van der Waals surface area contributed by atoms with Crippen molar-refractivity contribution in [3.63, 3.8) is 0 Å². The maximum Gasteiger partial charge on any atom is 0.279 e. The lowest BCUT2D eigenvalue weighted by atomic mass is 9.92. The van der Waals surface area contributed by atoms with Crippen LogP contribution in [0.15, 0.2) is 48.8 Å². The number of amides is 2. The number of nitrogens with zero attached hydrogens (tertiary/aromatic N) is 3. The fourth-order valence-corrected chi connectivity index (χ4v) is 2.83. The number of carbonyl (C=O) groups is 3. The van der Waals surface area contributed by atoms with E-state index in [-0.39, 0.29) is 23.2 Å². The topological polar surface area (TPSA) is 80.2 Å². The van der Waals surface area contributed by atoms with E-state index < -0.39 is 11.8 Å². The molecule has 0 bridgehead atoms. The molecule has 0 aliphatic heterocycles. The van der Waals surface area contributed by atoms with Crippen molar-refractivity contribution in [2.24, 2.45) is 0 Å². The van der Waals surface area contributed by atoms with E-state index in [0.717, 1.165) is 0 Å². The second-order valence-corrected chi connectivity index (χ2v) is 5.68. The van der Waals surface area contributed by atoms with E-state index in [0.29, 0.717) is 25.7 Å². The molecular weight excluding hydrogens is 306 g/mol. The zero-order valence-electron chi connectivity index (χ0n) is 13.1. The van der Waals surface area contributed by atoms with Crippen molar-refractivity contribution in [2.75, 3.05) is 0 Å². The summed E-state index contributed by atoms with van der Waals surface area (Å²) in [7, 11) is 0. The Balaban J connectivity index is 1.93. The van der Waals surface area contributed by atoms with Gasteiger partial charge in [-0.15, -0.1) is 0 Å². The molecule has 0 spiro atoms. The molecule has 1 aliphatic rings. The summed E-state index contributed by atoms with van der Waals surface area (Å²) in [4.78, 5) is 46.6. The van der Waals surface area contributed by atoms with Crippen LogP contribution in [-0.2, 0) is 4.79 Å². The van der Waals surface area contributed by atoms with Crippen molar-refractivity contribution in [2.45, 2.75) is 31.7 Å². The van der Waals surface area contributed by atoms with Gasteiger partial charge in [0.15, 0.2) is 0 Å². The van der Waals surface area contributed by atoms with Crippen LogP contribution in [0.4, 0.5) is 0 Å². The highest BCUT2D eigenvalue weighted by Gasteiger charge is 2.34. The van der Waals surface area contributed by atoms with E-state index in [1.807, 2.05) is 0 Å². The van der Waals surface area contributed by atoms with E-state index >= 15 is 0 Å². The minimum Gasteiger partial charge on any atom is -0.300 e. The summed E-state index contributed by atoms with van der Waals surface area (Å²) in [5.74, 6) is -0.738. The number of rotatable bonds is 3. The molecule has 24 heavy (non-hydrogen) atoms. The summed E-state index contributed by atoms with van der Waals surface area (Å²) in [6.45, 7) is 0. The van der Waals surface area contributed by atoms with Gasteiger partial charge in [-0.3, -0.25) is 29.3 Å². The molecule has 1 fully saturated rings. The summed E-state index contributed by atoms with van der Waals surface area (Å²) in [5, 5.41) is 0. The Hall–Kier alpha value is -2.89. The van der Waals surface area contributed by atoms with Gasteiger partial charge in [-0.1, -0.05) is 12.1 Å². The average molecular weight is 323 g/mol. The standard InChI is InChI=1S/C18H17N3O3/c22-14-9-7-13(8-10-14)21(17(23)15-5-1-3-11-19-15)18(24)16-6-2-4-12-20-16/h1-6,11-13H,7-10H2. The van der Waals surface area contributed by atoms with Gasteiger partial charge in [0.2, 0.25) is 0 Å². The molecule has 3 rings (SSSR count). The largest absolute Gasteiger partial charge is 0.300 e. The van der Waals surface area contributed by atoms with Crippen LogP contribution < -0.4 is 0 Å². The summed E-state index contributed by atoms with van der Waals surface area (Å²) in [5.41, 5.74) is 0.414. The number of hydrogen-bond donors (Lipinski definition) is 0. The first kappa shape index (κ1) is 16.0. The van der Waals surface area contributed by atoms with E-state index in [4.69, 9.17) is 0 Å². The van der Waals surface area contributed by atoms with Crippen molar-refractivity contribution in [1.29, 1.82) is 0 Å². The van der Waals surface area contributed by atoms with Gasteiger partial charge in [-0.25, -0.2) is 0 Å². The summed E-state index contributed by atoms with van der Waals surface area (Å²) < 4.78 is 0. The van der Waals surface area contributed by atoms with Crippen LogP contribution in [0.25, 0.3) is 0 Å². The summed E-state index contributed by atoms with van der Waals surface area (Å²) in [6.07, 6.45) is 4.76. The van der Waals surface area contributed by atoms with Gasteiger partial charge < -0.3 is 0 Å². The highest BCUT2D eigenvalue weighted by Crippen LogP contribution is 2.23. The first-order valence-corrected chi connectivity index (χ1v) is 7.88. The Kier molecular flexibility index (Phi) is 4.74. The third kappa shape index (κ3) is 3.37. The Labute approximate surface area is 139 Å². The number of carbonyl (C=O) groups excluding carboxylic acids is 3. The number of imide groups is 1. The van der Waals surface area contributed by atoms with Gasteiger partial charge in [-0.05, 0) is 37.1 Å². The molecule has 1 aliphatic carbocycles. The normalized spacial score (nSPS) is 15.1. The fraction of sp³-hybridized carbons (Fsp3) is 0.278. The molecule has 0 radical (unpaired) electrons. The Bertz CT molecular complexity index is 685. The number of hydrogen-bond acceptors (Lipinski definition) is 5. The number of pyridine rings is 2. The van der Waals surface area contributed by atoms with Gasteiger partial charge in [0.1, 0.15) is 17.2 Å². The maximum atomic E-state index is 12.9. The van der Waals surface area contributed by atoms with E-state index in [1.165, 1.54) is 17.3 Å². The molecule has 2 aromatic heterocycles. The molecule has 0 atom stereocenters. The van der Waals surface area contributed by atoms with Crippen LogP contribution in [0.5, 0.6) is 0 Å². The molecule has 1 saturated carbocycles. The van der Waals surface area contributed by atoms with Crippen LogP contribution >= 0.6 is 0 Å². The minimum absolute atomic E-state index is 0.168. The third-order valence-electron chi connectivity index (χ3n) is 4.08. The van der Waals surface area contributed by atoms with Gasteiger partial charge in [0, 0.05) is 31.3 Å². The zero-order valence-corrected chi connectivity index (χ0v) is 13.1. The molecule has 2 aromatic rings. The minimum atomic E-state index is -0.453. The number of aromatic nitrogens is 2. The average Bonchev–Trinajstić information content (AvgIpc) is 2.64. The SMILES string of the molecule is O=C1CCC(N(C(=O)c2ccccn2)C(=O)c2ccccn2)CC1. The van der Waals surface area contributed by atoms with Crippen molar-refractivity contribution in [1.82, 2.24) is 14.9 Å². The van der Waals surface area contributed by atoms with Crippen LogP contribution in [0, 0.1) is 0 Å². The quantitative estimate of drug-likeness (QED) is 0.810. The Morgan fingerprint density at radius 2 is 1.38 bits per heavy atom. The van der Waals surface area contributed by atoms with Crippen LogP contribution in [0.2, 0.25) is 0 Å². The predicted molar refractivity (Wildman–Crippen MR) is 86.2 cm³/mol. The molecule has 6 heteroatoms. The van der Waals surface area contributed by atoms with Crippen molar-refractivity contribution in [3.8, 4) is 0 Å². The van der Waals surface area contributed by atoms with Gasteiger partial charge in [0.05, 0.1) is 0 Å². The molecule has 0 saturated heterocycles. The maximum absolute atomic E-state index is 12.9. The predicted octanol–water partition coefficient (Wildman–Crippen LogP) is 2.27. The van der Waals surface area contributed by atoms with Crippen molar-refractivity contribution in [3.05, 3.63) is 60.2 Å². The summed E-state index contributed by atoms with van der Waals surface area (Å²) >= 11 is 0.